The molecule has 1 heterocycles. The summed E-state index contributed by atoms with van der Waals surface area (Å²) >= 11 is 6.17. The number of carbonyl (C=O) groups excluding carboxylic acids is 1. The smallest absolute Gasteiger partial charge is 0.254 e. The molecule has 1 aromatic rings. The highest BCUT2D eigenvalue weighted by Crippen LogP contribution is 2.37. The Morgan fingerprint density at radius 3 is 2.65 bits per heavy atom. The Morgan fingerprint density at radius 2 is 2.13 bits per heavy atom. The minimum Gasteiger partial charge on any atom is -0.493 e. The summed E-state index contributed by atoms with van der Waals surface area (Å²) in [6.45, 7) is 2.24. The third-order valence-electron chi connectivity index (χ3n) is 3.84. The summed E-state index contributed by atoms with van der Waals surface area (Å²) in [6, 6.07) is 2.75. The molecule has 0 bridgehead atoms. The molecule has 1 amide bonds. The highest BCUT2D eigenvalue weighted by molar-refractivity contribution is 7.91. The predicted molar refractivity (Wildman–Crippen MR) is 88.3 cm³/mol. The predicted octanol–water partition coefficient (Wildman–Crippen LogP) is 2.01. The normalized spacial score (nSPS) is 19.4. The van der Waals surface area contributed by atoms with Gasteiger partial charge >= 0.3 is 0 Å². The Balaban J connectivity index is 2.27. The van der Waals surface area contributed by atoms with E-state index in [0.29, 0.717) is 30.1 Å². The second-order valence-electron chi connectivity index (χ2n) is 5.40. The van der Waals surface area contributed by atoms with Gasteiger partial charge in [0.1, 0.15) is 0 Å². The van der Waals surface area contributed by atoms with Crippen molar-refractivity contribution in [1.82, 2.24) is 4.90 Å². The van der Waals surface area contributed by atoms with Crippen LogP contribution in [0.1, 0.15) is 23.7 Å². The van der Waals surface area contributed by atoms with Crippen LogP contribution < -0.4 is 9.47 Å². The Hall–Kier alpha value is -1.47. The quantitative estimate of drug-likeness (QED) is 0.802. The van der Waals surface area contributed by atoms with Gasteiger partial charge in [-0.05, 0) is 25.5 Å². The molecule has 0 aromatic heterocycles. The summed E-state index contributed by atoms with van der Waals surface area (Å²) in [6.07, 6.45) is 0.451. The largest absolute Gasteiger partial charge is 0.493 e. The lowest BCUT2D eigenvalue weighted by atomic mass is 10.1. The van der Waals surface area contributed by atoms with E-state index in [1.807, 2.05) is 6.92 Å². The Labute approximate surface area is 141 Å². The molecular weight excluding hydrogens is 342 g/mol. The topological polar surface area (TPSA) is 72.9 Å². The number of amides is 1. The van der Waals surface area contributed by atoms with Gasteiger partial charge in [-0.1, -0.05) is 11.6 Å². The van der Waals surface area contributed by atoms with E-state index in [4.69, 9.17) is 21.1 Å². The summed E-state index contributed by atoms with van der Waals surface area (Å²) in [5.74, 6) is 0.574. The van der Waals surface area contributed by atoms with Gasteiger partial charge in [-0.15, -0.1) is 0 Å². The molecule has 1 fully saturated rings. The van der Waals surface area contributed by atoms with Crippen LogP contribution in [0.5, 0.6) is 11.5 Å². The van der Waals surface area contributed by atoms with Crippen molar-refractivity contribution in [1.29, 1.82) is 0 Å². The standard InChI is InChI=1S/C15H20ClNO5S/c1-4-22-14-12(16)7-10(8-13(14)21-3)15(18)17(2)11-5-6-23(19,20)9-11/h7-8,11H,4-6,9H2,1-3H3/t11-/m0/s1. The molecule has 1 aromatic carbocycles. The van der Waals surface area contributed by atoms with Gasteiger partial charge in [-0.3, -0.25) is 4.79 Å². The highest BCUT2D eigenvalue weighted by Gasteiger charge is 2.33. The number of hydrogen-bond donors (Lipinski definition) is 0. The van der Waals surface area contributed by atoms with Crippen LogP contribution in [-0.4, -0.2) is 57.5 Å². The number of methoxy groups -OCH3 is 1. The van der Waals surface area contributed by atoms with E-state index in [1.165, 1.54) is 18.1 Å². The van der Waals surface area contributed by atoms with E-state index in [1.54, 1.807) is 13.1 Å². The lowest BCUT2D eigenvalue weighted by Crippen LogP contribution is -2.37. The van der Waals surface area contributed by atoms with Gasteiger partial charge in [0.25, 0.3) is 5.91 Å². The van der Waals surface area contributed by atoms with E-state index in [9.17, 15) is 13.2 Å². The third kappa shape index (κ3) is 3.90. The maximum absolute atomic E-state index is 12.6. The second kappa shape index (κ2) is 6.97. The zero-order valence-corrected chi connectivity index (χ0v) is 14.9. The summed E-state index contributed by atoms with van der Waals surface area (Å²) in [5, 5.41) is 0.280. The van der Waals surface area contributed by atoms with E-state index in [0.717, 1.165) is 0 Å². The number of sulfone groups is 1. The molecule has 6 nitrogen and oxygen atoms in total. The first-order chi connectivity index (χ1) is 10.8. The van der Waals surface area contributed by atoms with Crippen molar-refractivity contribution in [3.8, 4) is 11.5 Å². The molecule has 1 aliphatic rings. The van der Waals surface area contributed by atoms with Crippen molar-refractivity contribution in [3.05, 3.63) is 22.7 Å². The van der Waals surface area contributed by atoms with Gasteiger partial charge in [0.05, 0.1) is 30.2 Å². The maximum atomic E-state index is 12.6. The van der Waals surface area contributed by atoms with Gasteiger partial charge in [0, 0.05) is 18.7 Å². The van der Waals surface area contributed by atoms with Gasteiger partial charge in [0.2, 0.25) is 0 Å². The molecule has 0 aliphatic carbocycles. The maximum Gasteiger partial charge on any atom is 0.254 e. The highest BCUT2D eigenvalue weighted by atomic mass is 35.5. The lowest BCUT2D eigenvalue weighted by molar-refractivity contribution is 0.0747. The number of ether oxygens (including phenoxy) is 2. The fourth-order valence-corrected chi connectivity index (χ4v) is 4.62. The molecule has 1 aliphatic heterocycles. The number of halogens is 1. The van der Waals surface area contributed by atoms with E-state index in [2.05, 4.69) is 0 Å². The molecule has 1 atom stereocenters. The Morgan fingerprint density at radius 1 is 1.43 bits per heavy atom. The molecule has 1 saturated heterocycles. The van der Waals surface area contributed by atoms with Crippen molar-refractivity contribution in [2.24, 2.45) is 0 Å². The molecule has 0 N–H and O–H groups in total. The summed E-state index contributed by atoms with van der Waals surface area (Å²) in [4.78, 5) is 14.1. The molecule has 8 heteroatoms. The zero-order chi connectivity index (χ0) is 17.2. The van der Waals surface area contributed by atoms with Crippen LogP contribution in [0, 0.1) is 0 Å². The average molecular weight is 362 g/mol. The summed E-state index contributed by atoms with van der Waals surface area (Å²) < 4.78 is 33.8. The number of rotatable bonds is 5. The number of hydrogen-bond acceptors (Lipinski definition) is 5. The summed E-state index contributed by atoms with van der Waals surface area (Å²) in [5.41, 5.74) is 0.335. The fourth-order valence-electron chi connectivity index (χ4n) is 2.58. The van der Waals surface area contributed by atoms with E-state index >= 15 is 0 Å². The van der Waals surface area contributed by atoms with Crippen LogP contribution in [-0.2, 0) is 9.84 Å². The van der Waals surface area contributed by atoms with Crippen molar-refractivity contribution in [2.75, 3.05) is 32.3 Å². The number of benzene rings is 1. The van der Waals surface area contributed by atoms with Crippen LogP contribution in [0.15, 0.2) is 12.1 Å². The molecule has 0 unspecified atom stereocenters. The van der Waals surface area contributed by atoms with Crippen molar-refractivity contribution in [3.63, 3.8) is 0 Å². The van der Waals surface area contributed by atoms with E-state index in [-0.39, 0.29) is 28.5 Å². The van der Waals surface area contributed by atoms with Crippen molar-refractivity contribution in [2.45, 2.75) is 19.4 Å². The molecular formula is C15H20ClNO5S. The van der Waals surface area contributed by atoms with Crippen LogP contribution in [0.25, 0.3) is 0 Å². The van der Waals surface area contributed by atoms with Gasteiger partial charge in [0.15, 0.2) is 21.3 Å². The lowest BCUT2D eigenvalue weighted by Gasteiger charge is -2.24. The van der Waals surface area contributed by atoms with Crippen LogP contribution in [0.3, 0.4) is 0 Å². The van der Waals surface area contributed by atoms with Crippen molar-refractivity contribution < 1.29 is 22.7 Å². The second-order valence-corrected chi connectivity index (χ2v) is 8.03. The Kier molecular flexibility index (Phi) is 5.41. The van der Waals surface area contributed by atoms with Crippen LogP contribution in [0.2, 0.25) is 5.02 Å². The average Bonchev–Trinajstić information content (AvgIpc) is 2.87. The SMILES string of the molecule is CCOc1c(Cl)cc(C(=O)N(C)[C@H]2CCS(=O)(=O)C2)cc1OC. The van der Waals surface area contributed by atoms with Gasteiger partial charge < -0.3 is 14.4 Å². The molecule has 0 saturated carbocycles. The number of carbonyl (C=O) groups is 1. The minimum absolute atomic E-state index is 0.00284. The van der Waals surface area contributed by atoms with Crippen molar-refractivity contribution >= 4 is 27.3 Å². The third-order valence-corrected chi connectivity index (χ3v) is 5.87. The number of nitrogens with zero attached hydrogens (tertiary/aromatic N) is 1. The molecule has 128 valence electrons. The summed E-state index contributed by atoms with van der Waals surface area (Å²) in [7, 11) is 0.0139. The molecule has 0 spiro atoms. The zero-order valence-electron chi connectivity index (χ0n) is 13.3. The fraction of sp³-hybridized carbons (Fsp3) is 0.533. The molecule has 2 rings (SSSR count). The van der Waals surface area contributed by atoms with Gasteiger partial charge in [-0.25, -0.2) is 8.42 Å². The first-order valence-corrected chi connectivity index (χ1v) is 9.47. The van der Waals surface area contributed by atoms with Crippen LogP contribution in [0.4, 0.5) is 0 Å². The van der Waals surface area contributed by atoms with Gasteiger partial charge in [-0.2, -0.15) is 0 Å². The first-order valence-electron chi connectivity index (χ1n) is 7.27. The minimum atomic E-state index is -3.06. The molecule has 0 radical (unpaired) electrons. The van der Waals surface area contributed by atoms with E-state index < -0.39 is 9.84 Å². The first kappa shape index (κ1) is 17.9. The van der Waals surface area contributed by atoms with Crippen LogP contribution >= 0.6 is 11.6 Å². The molecule has 23 heavy (non-hydrogen) atoms. The monoisotopic (exact) mass is 361 g/mol. The Bertz CT molecular complexity index is 704.